The van der Waals surface area contributed by atoms with E-state index in [1.54, 1.807) is 0 Å². The molecule has 0 fully saturated rings. The fourth-order valence-electron chi connectivity index (χ4n) is 7.11. The molecule has 51 heavy (non-hydrogen) atoms. The van der Waals surface area contributed by atoms with Gasteiger partial charge in [-0.15, -0.1) is 0 Å². The van der Waals surface area contributed by atoms with Crippen molar-refractivity contribution in [1.29, 1.82) is 0 Å². The lowest BCUT2D eigenvalue weighted by atomic mass is 10.0. The molecule has 0 saturated heterocycles. The van der Waals surface area contributed by atoms with Crippen LogP contribution in [0.4, 0.5) is 0 Å². The Hall–Kier alpha value is -6.37. The molecule has 0 saturated carbocycles. The highest BCUT2D eigenvalue weighted by Gasteiger charge is 2.41. The first-order valence-electron chi connectivity index (χ1n) is 17.2. The Balaban J connectivity index is 1.06. The first kappa shape index (κ1) is 30.7. The number of fused-ring (bicyclic) bond motifs is 3. The van der Waals surface area contributed by atoms with Crippen LogP contribution in [0.1, 0.15) is 0 Å². The highest BCUT2D eigenvalue weighted by molar-refractivity contribution is 7.04. The summed E-state index contributed by atoms with van der Waals surface area (Å²) in [7, 11) is -1.99. The minimum atomic E-state index is -1.99. The number of aromatic nitrogens is 5. The lowest BCUT2D eigenvalue weighted by Crippen LogP contribution is -2.50. The van der Waals surface area contributed by atoms with Crippen LogP contribution in [0.5, 0.6) is 0 Å². The molecule has 8 aromatic rings. The zero-order valence-electron chi connectivity index (χ0n) is 28.3. The van der Waals surface area contributed by atoms with Gasteiger partial charge in [-0.05, 0) is 27.1 Å². The third-order valence-corrected chi connectivity index (χ3v) is 13.3. The molecule has 0 amide bonds. The maximum absolute atomic E-state index is 5.27. The summed E-state index contributed by atoms with van der Waals surface area (Å²) in [6.45, 7) is 4.83. The molecule has 0 spiro atoms. The van der Waals surface area contributed by atoms with Crippen molar-refractivity contribution in [2.75, 3.05) is 0 Å². The van der Waals surface area contributed by atoms with E-state index in [0.29, 0.717) is 17.5 Å². The molecule has 0 unspecified atom stereocenters. The van der Waals surface area contributed by atoms with Gasteiger partial charge in [-0.25, -0.2) is 24.9 Å². The molecule has 1 aliphatic rings. The summed E-state index contributed by atoms with van der Waals surface area (Å²) < 4.78 is 0. The Kier molecular flexibility index (Phi) is 7.52. The molecule has 3 heterocycles. The van der Waals surface area contributed by atoms with Crippen molar-refractivity contribution in [3.05, 3.63) is 164 Å². The van der Waals surface area contributed by atoms with Gasteiger partial charge < -0.3 is 0 Å². The Morgan fingerprint density at radius 1 is 0.314 bits per heavy atom. The van der Waals surface area contributed by atoms with E-state index in [1.807, 2.05) is 60.7 Å². The molecular formula is C45H33N5Si. The topological polar surface area (TPSA) is 64.5 Å². The highest BCUT2D eigenvalue weighted by Crippen LogP contribution is 2.34. The maximum Gasteiger partial charge on any atom is 0.164 e. The minimum absolute atomic E-state index is 0.639. The van der Waals surface area contributed by atoms with Crippen LogP contribution in [-0.4, -0.2) is 33.0 Å². The van der Waals surface area contributed by atoms with Gasteiger partial charge in [-0.1, -0.05) is 177 Å². The third-order valence-electron chi connectivity index (χ3n) is 9.76. The molecule has 0 aliphatic carbocycles. The van der Waals surface area contributed by atoms with Gasteiger partial charge in [0.1, 0.15) is 8.07 Å². The Bertz CT molecular complexity index is 2460. The summed E-state index contributed by atoms with van der Waals surface area (Å²) in [6.07, 6.45) is 0. The molecule has 0 atom stereocenters. The average molecular weight is 672 g/mol. The van der Waals surface area contributed by atoms with Crippen molar-refractivity contribution in [2.24, 2.45) is 0 Å². The molecule has 0 bridgehead atoms. The van der Waals surface area contributed by atoms with E-state index in [0.717, 1.165) is 56.2 Å². The summed E-state index contributed by atoms with van der Waals surface area (Å²) >= 11 is 0. The van der Waals surface area contributed by atoms with Crippen molar-refractivity contribution in [3.63, 3.8) is 0 Å². The molecule has 0 N–H and O–H groups in total. The lowest BCUT2D eigenvalue weighted by Gasteiger charge is -2.21. The largest absolute Gasteiger partial charge is 0.228 e. The molecule has 6 aromatic carbocycles. The standard InChI is InChI=1S/C45H33N5Si/c1-51(2)38-21-13-12-20-37(38)40-41(51)39(32-14-6-3-7-15-32)46-42(47-40)35-26-22-30(23-27-35)31-24-28-36(29-25-31)45-49-43(33-16-8-4-9-17-33)48-44(50-45)34-18-10-5-11-19-34/h3-29H,1-2H3. The smallest absolute Gasteiger partial charge is 0.164 e. The van der Waals surface area contributed by atoms with Gasteiger partial charge in [-0.2, -0.15) is 0 Å². The summed E-state index contributed by atoms with van der Waals surface area (Å²) in [5.74, 6) is 2.69. The second-order valence-electron chi connectivity index (χ2n) is 13.3. The first-order valence-corrected chi connectivity index (χ1v) is 20.2. The van der Waals surface area contributed by atoms with E-state index >= 15 is 0 Å². The predicted molar refractivity (Wildman–Crippen MR) is 210 cm³/mol. The number of rotatable bonds is 6. The van der Waals surface area contributed by atoms with Crippen molar-refractivity contribution in [2.45, 2.75) is 13.1 Å². The predicted octanol–water partition coefficient (Wildman–Crippen LogP) is 9.47. The van der Waals surface area contributed by atoms with Crippen LogP contribution < -0.4 is 10.4 Å². The van der Waals surface area contributed by atoms with Crippen LogP contribution >= 0.6 is 0 Å². The number of hydrogen-bond donors (Lipinski definition) is 0. The summed E-state index contributed by atoms with van der Waals surface area (Å²) in [6, 6.07) is 56.4. The van der Waals surface area contributed by atoms with Gasteiger partial charge in [0.05, 0.1) is 11.4 Å². The second-order valence-corrected chi connectivity index (χ2v) is 17.6. The molecule has 6 heteroatoms. The molecule has 242 valence electrons. The SMILES string of the molecule is C[Si]1(C)c2ccccc2-c2nc(-c3ccc(-c4ccc(-c5nc(-c6ccccc6)nc(-c6ccccc6)n5)cc4)cc3)nc(-c3ccccc3)c21. The normalized spacial score (nSPS) is 12.7. The molecule has 9 rings (SSSR count). The Morgan fingerprint density at radius 3 is 1.16 bits per heavy atom. The van der Waals surface area contributed by atoms with Crippen LogP contribution in [0, 0.1) is 0 Å². The second kappa shape index (κ2) is 12.5. The molecule has 0 radical (unpaired) electrons. The maximum atomic E-state index is 5.27. The van der Waals surface area contributed by atoms with Crippen LogP contribution in [0.3, 0.4) is 0 Å². The van der Waals surface area contributed by atoms with E-state index in [2.05, 4.69) is 116 Å². The first-order chi connectivity index (χ1) is 25.0. The third kappa shape index (κ3) is 5.56. The van der Waals surface area contributed by atoms with Crippen molar-refractivity contribution in [3.8, 4) is 79.2 Å². The average Bonchev–Trinajstić information content (AvgIpc) is 3.44. The molecule has 5 nitrogen and oxygen atoms in total. The number of hydrogen-bond acceptors (Lipinski definition) is 5. The van der Waals surface area contributed by atoms with E-state index in [9.17, 15) is 0 Å². The fourth-order valence-corrected chi connectivity index (χ4v) is 10.3. The summed E-state index contributed by atoms with van der Waals surface area (Å²) in [5.41, 5.74) is 10.5. The fraction of sp³-hybridized carbons (Fsp3) is 0.0444. The summed E-state index contributed by atoms with van der Waals surface area (Å²) in [4.78, 5) is 25.1. The van der Waals surface area contributed by atoms with E-state index in [-0.39, 0.29) is 0 Å². The monoisotopic (exact) mass is 671 g/mol. The van der Waals surface area contributed by atoms with Crippen LogP contribution in [-0.2, 0) is 0 Å². The van der Waals surface area contributed by atoms with Gasteiger partial charge >= 0.3 is 0 Å². The van der Waals surface area contributed by atoms with E-state index < -0.39 is 8.07 Å². The zero-order chi connectivity index (χ0) is 34.4. The number of benzene rings is 6. The van der Waals surface area contributed by atoms with Gasteiger partial charge in [0, 0.05) is 27.8 Å². The summed E-state index contributed by atoms with van der Waals surface area (Å²) in [5, 5.41) is 2.74. The molecular weight excluding hydrogens is 639 g/mol. The van der Waals surface area contributed by atoms with Gasteiger partial charge in [-0.3, -0.25) is 0 Å². The van der Waals surface area contributed by atoms with E-state index in [4.69, 9.17) is 24.9 Å². The van der Waals surface area contributed by atoms with Gasteiger partial charge in [0.15, 0.2) is 23.3 Å². The number of nitrogens with zero attached hydrogens (tertiary/aromatic N) is 5. The van der Waals surface area contributed by atoms with Crippen LogP contribution in [0.15, 0.2) is 164 Å². The van der Waals surface area contributed by atoms with Crippen molar-refractivity contribution < 1.29 is 0 Å². The highest BCUT2D eigenvalue weighted by atomic mass is 28.3. The quantitative estimate of drug-likeness (QED) is 0.165. The lowest BCUT2D eigenvalue weighted by molar-refractivity contribution is 1.07. The zero-order valence-corrected chi connectivity index (χ0v) is 29.3. The van der Waals surface area contributed by atoms with Crippen molar-refractivity contribution >= 4 is 18.4 Å². The van der Waals surface area contributed by atoms with E-state index in [1.165, 1.54) is 15.9 Å². The minimum Gasteiger partial charge on any atom is -0.228 e. The Labute approximate surface area is 298 Å². The Morgan fingerprint density at radius 2 is 0.667 bits per heavy atom. The van der Waals surface area contributed by atoms with Gasteiger partial charge in [0.25, 0.3) is 0 Å². The molecule has 2 aromatic heterocycles. The van der Waals surface area contributed by atoms with Crippen LogP contribution in [0.2, 0.25) is 13.1 Å². The van der Waals surface area contributed by atoms with Gasteiger partial charge in [0.2, 0.25) is 0 Å². The van der Waals surface area contributed by atoms with Crippen LogP contribution in [0.25, 0.3) is 79.2 Å². The molecule has 1 aliphatic heterocycles. The van der Waals surface area contributed by atoms with Crippen molar-refractivity contribution in [1.82, 2.24) is 24.9 Å².